The Bertz CT molecular complexity index is 434. The molecule has 1 aliphatic heterocycles. The number of hydrogen-bond donors (Lipinski definition) is 1. The van der Waals surface area contributed by atoms with Gasteiger partial charge in [-0.2, -0.15) is 0 Å². The van der Waals surface area contributed by atoms with Crippen molar-refractivity contribution < 1.29 is 9.53 Å². The van der Waals surface area contributed by atoms with Crippen molar-refractivity contribution in [3.8, 4) is 5.75 Å². The van der Waals surface area contributed by atoms with Crippen molar-refractivity contribution in [2.75, 3.05) is 19.6 Å². The first-order chi connectivity index (χ1) is 10.1. The van der Waals surface area contributed by atoms with Crippen LogP contribution in [0.25, 0.3) is 0 Å². The summed E-state index contributed by atoms with van der Waals surface area (Å²) in [7, 11) is 0. The maximum atomic E-state index is 12.1. The molecule has 1 aliphatic rings. The summed E-state index contributed by atoms with van der Waals surface area (Å²) in [6, 6.07) is 9.87. The van der Waals surface area contributed by atoms with Crippen LogP contribution in [-0.2, 0) is 0 Å². The number of ether oxygens (including phenoxy) is 1. The molecule has 0 aliphatic carbocycles. The van der Waals surface area contributed by atoms with Gasteiger partial charge in [0.1, 0.15) is 11.9 Å². The number of para-hydroxylation sites is 1. The lowest BCUT2D eigenvalue weighted by Gasteiger charge is -2.33. The topological polar surface area (TPSA) is 41.6 Å². The fraction of sp³-hybridized carbons (Fsp3) is 0.588. The molecule has 116 valence electrons. The van der Waals surface area contributed by atoms with Crippen LogP contribution in [-0.4, -0.2) is 36.7 Å². The predicted molar refractivity (Wildman–Crippen MR) is 84.5 cm³/mol. The van der Waals surface area contributed by atoms with E-state index in [1.165, 1.54) is 0 Å². The molecule has 0 radical (unpaired) electrons. The van der Waals surface area contributed by atoms with E-state index >= 15 is 0 Å². The average molecular weight is 290 g/mol. The summed E-state index contributed by atoms with van der Waals surface area (Å²) < 4.78 is 5.96. The Morgan fingerprint density at radius 3 is 2.86 bits per heavy atom. The van der Waals surface area contributed by atoms with Gasteiger partial charge in [0.25, 0.3) is 0 Å². The van der Waals surface area contributed by atoms with E-state index in [1.807, 2.05) is 35.2 Å². The van der Waals surface area contributed by atoms with E-state index in [-0.39, 0.29) is 12.1 Å². The van der Waals surface area contributed by atoms with E-state index in [9.17, 15) is 4.79 Å². The Hall–Kier alpha value is -1.71. The quantitative estimate of drug-likeness (QED) is 0.904. The van der Waals surface area contributed by atoms with Gasteiger partial charge in [-0.3, -0.25) is 0 Å². The number of hydrogen-bond acceptors (Lipinski definition) is 2. The number of carbonyl (C=O) groups excluding carboxylic acids is 1. The van der Waals surface area contributed by atoms with Crippen molar-refractivity contribution in [3.63, 3.8) is 0 Å². The molecule has 1 saturated heterocycles. The van der Waals surface area contributed by atoms with Gasteiger partial charge in [0.05, 0.1) is 6.54 Å². The molecule has 0 aromatic heterocycles. The standard InChI is InChI=1S/C17H26N2O2/c1-14(2)10-11-18-17(20)19-12-6-9-16(13-19)21-15-7-4-3-5-8-15/h3-5,7-8,14,16H,6,9-13H2,1-2H3,(H,18,20). The third-order valence-electron chi connectivity index (χ3n) is 3.71. The third kappa shape index (κ3) is 5.29. The van der Waals surface area contributed by atoms with Crippen molar-refractivity contribution in [2.45, 2.75) is 39.2 Å². The normalized spacial score (nSPS) is 18.6. The fourth-order valence-electron chi connectivity index (χ4n) is 2.49. The molecular formula is C17H26N2O2. The monoisotopic (exact) mass is 290 g/mol. The van der Waals surface area contributed by atoms with Gasteiger partial charge in [0.15, 0.2) is 0 Å². The summed E-state index contributed by atoms with van der Waals surface area (Å²) in [4.78, 5) is 14.0. The average Bonchev–Trinajstić information content (AvgIpc) is 2.48. The highest BCUT2D eigenvalue weighted by molar-refractivity contribution is 5.74. The molecular weight excluding hydrogens is 264 g/mol. The van der Waals surface area contributed by atoms with Crippen molar-refractivity contribution >= 4 is 6.03 Å². The Kier molecular flexibility index (Phi) is 5.90. The van der Waals surface area contributed by atoms with Gasteiger partial charge in [-0.25, -0.2) is 4.79 Å². The molecule has 1 atom stereocenters. The van der Waals surface area contributed by atoms with Crippen LogP contribution in [0, 0.1) is 5.92 Å². The van der Waals surface area contributed by atoms with Crippen molar-refractivity contribution in [1.82, 2.24) is 10.2 Å². The highest BCUT2D eigenvalue weighted by Crippen LogP contribution is 2.18. The van der Waals surface area contributed by atoms with Gasteiger partial charge in [0.2, 0.25) is 0 Å². The summed E-state index contributed by atoms with van der Waals surface area (Å²) in [5, 5.41) is 3.00. The Balaban J connectivity index is 1.79. The number of piperidine rings is 1. The number of likely N-dealkylation sites (tertiary alicyclic amines) is 1. The first kappa shape index (κ1) is 15.7. The van der Waals surface area contributed by atoms with Gasteiger partial charge in [-0.15, -0.1) is 0 Å². The highest BCUT2D eigenvalue weighted by Gasteiger charge is 2.24. The number of carbonyl (C=O) groups is 1. The van der Waals surface area contributed by atoms with Gasteiger partial charge >= 0.3 is 6.03 Å². The number of benzene rings is 1. The molecule has 2 amide bonds. The minimum atomic E-state index is 0.0389. The summed E-state index contributed by atoms with van der Waals surface area (Å²) in [6.07, 6.45) is 3.11. The first-order valence-electron chi connectivity index (χ1n) is 7.89. The summed E-state index contributed by atoms with van der Waals surface area (Å²) in [5.41, 5.74) is 0. The molecule has 21 heavy (non-hydrogen) atoms. The second kappa shape index (κ2) is 7.91. The van der Waals surface area contributed by atoms with Crippen LogP contribution in [0.4, 0.5) is 4.79 Å². The molecule has 0 bridgehead atoms. The zero-order valence-electron chi connectivity index (χ0n) is 13.0. The molecule has 1 heterocycles. The largest absolute Gasteiger partial charge is 0.489 e. The lowest BCUT2D eigenvalue weighted by atomic mass is 10.1. The minimum absolute atomic E-state index is 0.0389. The number of urea groups is 1. The molecule has 1 aromatic rings. The van der Waals surface area contributed by atoms with Gasteiger partial charge in [0, 0.05) is 13.1 Å². The fourth-order valence-corrected chi connectivity index (χ4v) is 2.49. The molecule has 0 saturated carbocycles. The second-order valence-corrected chi connectivity index (χ2v) is 6.06. The zero-order valence-corrected chi connectivity index (χ0v) is 13.0. The molecule has 0 spiro atoms. The number of rotatable bonds is 5. The van der Waals surface area contributed by atoms with Crippen molar-refractivity contribution in [1.29, 1.82) is 0 Å². The third-order valence-corrected chi connectivity index (χ3v) is 3.71. The molecule has 2 rings (SSSR count). The smallest absolute Gasteiger partial charge is 0.317 e. The number of nitrogens with zero attached hydrogens (tertiary/aromatic N) is 1. The SMILES string of the molecule is CC(C)CCNC(=O)N1CCCC(Oc2ccccc2)C1. The van der Waals surface area contributed by atoms with Crippen LogP contribution >= 0.6 is 0 Å². The molecule has 4 heteroatoms. The van der Waals surface area contributed by atoms with Crippen LogP contribution in [0.2, 0.25) is 0 Å². The highest BCUT2D eigenvalue weighted by atomic mass is 16.5. The van der Waals surface area contributed by atoms with Crippen LogP contribution in [0.15, 0.2) is 30.3 Å². The van der Waals surface area contributed by atoms with Gasteiger partial charge in [-0.05, 0) is 37.3 Å². The van der Waals surface area contributed by atoms with Crippen LogP contribution in [0.3, 0.4) is 0 Å². The number of nitrogens with one attached hydrogen (secondary N) is 1. The van der Waals surface area contributed by atoms with Crippen LogP contribution < -0.4 is 10.1 Å². The lowest BCUT2D eigenvalue weighted by Crippen LogP contribution is -2.48. The maximum absolute atomic E-state index is 12.1. The van der Waals surface area contributed by atoms with Crippen LogP contribution in [0.1, 0.15) is 33.1 Å². The molecule has 1 aromatic carbocycles. The molecule has 1 unspecified atom stereocenters. The molecule has 1 N–H and O–H groups in total. The molecule has 1 fully saturated rings. The summed E-state index contributed by atoms with van der Waals surface area (Å²) >= 11 is 0. The van der Waals surface area contributed by atoms with E-state index in [0.29, 0.717) is 12.5 Å². The number of amides is 2. The van der Waals surface area contributed by atoms with Crippen molar-refractivity contribution in [3.05, 3.63) is 30.3 Å². The van der Waals surface area contributed by atoms with E-state index < -0.39 is 0 Å². The molecule has 4 nitrogen and oxygen atoms in total. The summed E-state index contributed by atoms with van der Waals surface area (Å²) in [6.45, 7) is 6.56. The van der Waals surface area contributed by atoms with Crippen molar-refractivity contribution in [2.24, 2.45) is 5.92 Å². The van der Waals surface area contributed by atoms with E-state index in [4.69, 9.17) is 4.74 Å². The van der Waals surface area contributed by atoms with E-state index in [2.05, 4.69) is 19.2 Å². The summed E-state index contributed by atoms with van der Waals surface area (Å²) in [5.74, 6) is 1.49. The second-order valence-electron chi connectivity index (χ2n) is 6.06. The Morgan fingerprint density at radius 1 is 1.38 bits per heavy atom. The Labute approximate surface area is 127 Å². The lowest BCUT2D eigenvalue weighted by molar-refractivity contribution is 0.101. The van der Waals surface area contributed by atoms with Crippen LogP contribution in [0.5, 0.6) is 5.75 Å². The van der Waals surface area contributed by atoms with Gasteiger partial charge in [-0.1, -0.05) is 32.0 Å². The van der Waals surface area contributed by atoms with Gasteiger partial charge < -0.3 is 15.0 Å². The maximum Gasteiger partial charge on any atom is 0.317 e. The minimum Gasteiger partial charge on any atom is -0.489 e. The predicted octanol–water partition coefficient (Wildman–Crippen LogP) is 3.29. The zero-order chi connectivity index (χ0) is 15.1. The first-order valence-corrected chi connectivity index (χ1v) is 7.89. The Morgan fingerprint density at radius 2 is 2.14 bits per heavy atom. The van der Waals surface area contributed by atoms with E-state index in [0.717, 1.165) is 38.1 Å². The van der Waals surface area contributed by atoms with E-state index in [1.54, 1.807) is 0 Å².